The predicted octanol–water partition coefficient (Wildman–Crippen LogP) is 1.52. The first-order valence-corrected chi connectivity index (χ1v) is 22.3. The first-order valence-electron chi connectivity index (χ1n) is 16.9. The van der Waals surface area contributed by atoms with E-state index in [1.165, 1.54) is 17.2 Å². The molecule has 0 amide bonds. The van der Waals surface area contributed by atoms with E-state index in [2.05, 4.69) is 60.1 Å². The summed E-state index contributed by atoms with van der Waals surface area (Å²) in [4.78, 5) is 22.0. The Morgan fingerprint density at radius 3 is 2.47 bits per heavy atom. The van der Waals surface area contributed by atoms with E-state index in [4.69, 9.17) is 39.0 Å². The summed E-state index contributed by atoms with van der Waals surface area (Å²) in [5.74, 6) is 0.909. The van der Waals surface area contributed by atoms with Gasteiger partial charge in [-0.25, -0.2) is 24.1 Å². The zero-order valence-electron chi connectivity index (χ0n) is 27.7. The first-order chi connectivity index (χ1) is 25.3. The topological polar surface area (TPSA) is 280 Å². The van der Waals surface area contributed by atoms with Crippen molar-refractivity contribution in [1.82, 2.24) is 34.1 Å². The zero-order chi connectivity index (χ0) is 36.9. The van der Waals surface area contributed by atoms with Crippen molar-refractivity contribution >= 4 is 77.9 Å². The van der Waals surface area contributed by atoms with Crippen molar-refractivity contribution in [3.63, 3.8) is 0 Å². The maximum absolute atomic E-state index is 13.9. The number of ether oxygens (including phenoxy) is 2. The number of nitrogen functional groups attached to an aromatic ring is 1. The molecule has 3 unspecified atom stereocenters. The van der Waals surface area contributed by atoms with E-state index in [1.54, 1.807) is 4.57 Å². The van der Waals surface area contributed by atoms with Gasteiger partial charge in [-0.05, 0) is 31.2 Å². The molecular formula is C28H37N11O10P2S2. The maximum atomic E-state index is 13.9. The summed E-state index contributed by atoms with van der Waals surface area (Å²) in [6.07, 6.45) is -2.67. The minimum atomic E-state index is -4.36. The van der Waals surface area contributed by atoms with Crippen LogP contribution in [0.5, 0.6) is 0 Å². The van der Waals surface area contributed by atoms with E-state index < -0.39 is 75.9 Å². The molecule has 2 bridgehead atoms. The third kappa shape index (κ3) is 6.72. The van der Waals surface area contributed by atoms with Crippen LogP contribution in [0.1, 0.15) is 37.3 Å². The highest BCUT2D eigenvalue weighted by Crippen LogP contribution is 2.60. The lowest BCUT2D eigenvalue weighted by molar-refractivity contribution is -0.0574. The average Bonchev–Trinajstić information content (AvgIpc) is 3.31. The second-order valence-electron chi connectivity index (χ2n) is 13.8. The van der Waals surface area contributed by atoms with Crippen molar-refractivity contribution in [2.45, 2.75) is 80.3 Å². The minimum absolute atomic E-state index is 0.0658. The molecule has 5 aliphatic rings. The molecule has 3 saturated heterocycles. The number of thiol groups is 2. The molecule has 10 atom stereocenters. The van der Waals surface area contributed by atoms with Gasteiger partial charge >= 0.3 is 13.6 Å². The zero-order valence-corrected chi connectivity index (χ0v) is 31.3. The van der Waals surface area contributed by atoms with Gasteiger partial charge in [0.05, 0.1) is 24.9 Å². The Labute approximate surface area is 311 Å². The van der Waals surface area contributed by atoms with Crippen LogP contribution in [-0.4, -0.2) is 113 Å². The number of nitrogens with zero attached hydrogens (tertiary/aromatic N) is 7. The normalized spacial score (nSPS) is 36.9. The van der Waals surface area contributed by atoms with Crippen LogP contribution in [0.25, 0.3) is 22.2 Å². The molecule has 4 aliphatic heterocycles. The summed E-state index contributed by atoms with van der Waals surface area (Å²) >= 11 is 8.40. The summed E-state index contributed by atoms with van der Waals surface area (Å²) in [6, 6.07) is 0. The molecule has 4 aromatic rings. The van der Waals surface area contributed by atoms with E-state index in [0.29, 0.717) is 18.0 Å². The average molecular weight is 814 g/mol. The molecule has 0 aromatic carbocycles. The molecule has 25 heteroatoms. The van der Waals surface area contributed by atoms with E-state index in [-0.39, 0.29) is 28.5 Å². The van der Waals surface area contributed by atoms with Crippen LogP contribution in [0.3, 0.4) is 0 Å². The number of imidazole rings is 1. The molecule has 53 heavy (non-hydrogen) atoms. The number of nitrogens with two attached hydrogens (primary N) is 2. The number of fused-ring (bicyclic) bond motifs is 4. The van der Waals surface area contributed by atoms with Gasteiger partial charge in [0, 0.05) is 24.8 Å². The number of anilines is 3. The van der Waals surface area contributed by atoms with Crippen LogP contribution in [0.2, 0.25) is 0 Å². The number of hydrogen-bond acceptors (Lipinski definition) is 19. The Morgan fingerprint density at radius 2 is 1.70 bits per heavy atom. The summed E-state index contributed by atoms with van der Waals surface area (Å²) in [6.45, 7) is -8.56. The van der Waals surface area contributed by atoms with Crippen molar-refractivity contribution in [3.8, 4) is 0 Å². The number of nitrogens with one attached hydrogen (secondary N) is 2. The number of hydrogen-bond donors (Lipinski definition) is 8. The summed E-state index contributed by atoms with van der Waals surface area (Å²) in [7, 11) is 0. The van der Waals surface area contributed by atoms with Gasteiger partial charge in [0.2, 0.25) is 5.95 Å². The minimum Gasteiger partial charge on any atom is -0.387 e. The Balaban J connectivity index is 1.01. The third-order valence-electron chi connectivity index (χ3n) is 10.0. The number of rotatable bonds is 5. The first kappa shape index (κ1) is 36.0. The molecule has 1 saturated carbocycles. The fraction of sp³-hybridized carbons (Fsp3) is 0.607. The van der Waals surface area contributed by atoms with Gasteiger partial charge in [-0.3, -0.25) is 22.7 Å². The molecule has 286 valence electrons. The highest BCUT2D eigenvalue weighted by Gasteiger charge is 2.53. The van der Waals surface area contributed by atoms with Crippen molar-refractivity contribution in [1.29, 1.82) is 0 Å². The Bertz CT molecular complexity index is 2180. The van der Waals surface area contributed by atoms with Gasteiger partial charge in [-0.1, -0.05) is 24.5 Å². The van der Waals surface area contributed by atoms with Gasteiger partial charge in [-0.2, -0.15) is 9.97 Å². The van der Waals surface area contributed by atoms with E-state index in [9.17, 15) is 19.3 Å². The standard InChI is InChI=1S/C28H37N11O10P2S2/c29-21-16-24(37-27(36-21)32-9-28(30)3-4-28)39(11-35-16)26-20-17(40)13(46-26)7-44-50(42,52)48-19-14(8-45-51(43,53)49-20)47-25(18(19)41)38-6-12-2-1-5-31-22-15(12)23(38)34-10-33-22/h6,10-11,13-14,17-20,25-26,40-41H,1-5,7-9,30H2,(H,42,52)(H,43,53)(H,31,33,34)(H3,29,32,36,37)/t13?,14-,17-,18-,19-,20-,25-,26-,50?,51?/m1/s1. The Hall–Kier alpha value is -2.63. The van der Waals surface area contributed by atoms with Crippen LogP contribution >= 0.6 is 38.1 Å². The van der Waals surface area contributed by atoms with Crippen LogP contribution in [0.15, 0.2) is 18.9 Å². The Morgan fingerprint density at radius 1 is 0.962 bits per heavy atom. The third-order valence-corrected chi connectivity index (χ3v) is 13.3. The monoisotopic (exact) mass is 813 g/mol. The molecule has 0 radical (unpaired) electrons. The molecular weight excluding hydrogens is 776 g/mol. The van der Waals surface area contributed by atoms with Gasteiger partial charge in [-0.15, -0.1) is 0 Å². The fourth-order valence-electron chi connectivity index (χ4n) is 7.07. The van der Waals surface area contributed by atoms with Crippen LogP contribution in [0.4, 0.5) is 17.6 Å². The molecule has 8 heterocycles. The lowest BCUT2D eigenvalue weighted by Gasteiger charge is -2.26. The number of aliphatic hydroxyl groups is 2. The molecule has 0 spiro atoms. The summed E-state index contributed by atoms with van der Waals surface area (Å²) in [5.41, 5.74) is 14.0. The van der Waals surface area contributed by atoms with Crippen LogP contribution in [-0.2, 0) is 43.1 Å². The second-order valence-corrected chi connectivity index (χ2v) is 19.5. The molecule has 21 nitrogen and oxygen atoms in total. The van der Waals surface area contributed by atoms with E-state index in [0.717, 1.165) is 43.2 Å². The lowest BCUT2D eigenvalue weighted by Crippen LogP contribution is -2.35. The molecule has 1 aliphatic carbocycles. The molecule has 9 rings (SSSR count). The quantitative estimate of drug-likeness (QED) is 0.105. The fourth-order valence-corrected chi connectivity index (χ4v) is 10.0. The van der Waals surface area contributed by atoms with Crippen molar-refractivity contribution in [2.24, 2.45) is 5.73 Å². The maximum Gasteiger partial charge on any atom is 0.386 e. The van der Waals surface area contributed by atoms with E-state index in [1.807, 2.05) is 6.20 Å². The second kappa shape index (κ2) is 13.2. The van der Waals surface area contributed by atoms with Gasteiger partial charge < -0.3 is 46.4 Å². The highest BCUT2D eigenvalue weighted by atomic mass is 32.7. The number of aliphatic hydroxyl groups excluding tert-OH is 2. The molecule has 4 fully saturated rings. The molecule has 4 aromatic heterocycles. The number of aryl methyl sites for hydroxylation is 1. The van der Waals surface area contributed by atoms with Crippen molar-refractivity contribution in [2.75, 3.05) is 42.7 Å². The van der Waals surface area contributed by atoms with Crippen molar-refractivity contribution < 1.29 is 46.9 Å². The number of aromatic nitrogens is 7. The molecule has 8 N–H and O–H groups in total. The van der Waals surface area contributed by atoms with Crippen LogP contribution < -0.4 is 22.1 Å². The van der Waals surface area contributed by atoms with Crippen molar-refractivity contribution in [3.05, 3.63) is 24.4 Å². The van der Waals surface area contributed by atoms with E-state index >= 15 is 0 Å². The summed E-state index contributed by atoms with van der Waals surface area (Å²) < 4.78 is 66.1. The van der Waals surface area contributed by atoms with Gasteiger partial charge in [0.15, 0.2) is 23.9 Å². The SMILES string of the molecule is Nc1nc(NCC2(N)CC2)nc2c1ncn2[C@@H]1OC2COP(=O)(S)O[C@H]3[C@@H](O)[C@H](n4cc5c6c(ncnc64)NCCC5)O[C@@H]3COP(=O)(S)O[C@@H]1[C@@H]2O. The smallest absolute Gasteiger partial charge is 0.386 e. The highest BCUT2D eigenvalue weighted by molar-refractivity contribution is 8.44. The van der Waals surface area contributed by atoms with Gasteiger partial charge in [0.1, 0.15) is 59.9 Å². The largest absolute Gasteiger partial charge is 0.387 e. The predicted molar refractivity (Wildman–Crippen MR) is 193 cm³/mol. The summed E-state index contributed by atoms with van der Waals surface area (Å²) in [5, 5.41) is 30.2. The van der Waals surface area contributed by atoms with Gasteiger partial charge in [0.25, 0.3) is 0 Å². The van der Waals surface area contributed by atoms with Crippen LogP contribution in [0, 0.1) is 0 Å². The lowest BCUT2D eigenvalue weighted by atomic mass is 10.1. The Kier molecular flexibility index (Phi) is 9.01.